The highest BCUT2D eigenvalue weighted by atomic mass is 32.1. The van der Waals surface area contributed by atoms with E-state index in [1.54, 1.807) is 0 Å². The Hall–Kier alpha value is -7.46. The molecule has 0 saturated carbocycles. The van der Waals surface area contributed by atoms with Crippen molar-refractivity contribution in [1.29, 1.82) is 0 Å². The van der Waals surface area contributed by atoms with Gasteiger partial charge in [-0.3, -0.25) is 0 Å². The summed E-state index contributed by atoms with van der Waals surface area (Å²) >= 11 is 1.87. The SMILES string of the molecule is c1cc(-c2cccc3ccccc23)cc(N(c2ccc(-c3cccc4c3sc3ccccc34)cc2)c2ccccc2-c2ccc3oc4cc5ccccc5cc4c3c2)c1. The Bertz CT molecular complexity index is 3570. The van der Waals surface area contributed by atoms with Crippen LogP contribution in [0.3, 0.4) is 0 Å². The van der Waals surface area contributed by atoms with Gasteiger partial charge in [-0.15, -0.1) is 11.3 Å². The number of anilines is 3. The average Bonchev–Trinajstić information content (AvgIpc) is 3.86. The number of fused-ring (bicyclic) bond motifs is 8. The first-order valence-electron chi connectivity index (χ1n) is 20.1. The molecule has 2 heterocycles. The zero-order valence-corrected chi connectivity index (χ0v) is 32.8. The molecule has 0 bridgehead atoms. The number of furan rings is 1. The van der Waals surface area contributed by atoms with E-state index in [9.17, 15) is 0 Å². The molecule has 0 radical (unpaired) electrons. The Labute approximate surface area is 345 Å². The number of benzene rings is 10. The maximum absolute atomic E-state index is 6.44. The van der Waals surface area contributed by atoms with Crippen molar-refractivity contribution >= 4 is 92.1 Å². The maximum atomic E-state index is 6.44. The zero-order valence-electron chi connectivity index (χ0n) is 32.0. The van der Waals surface area contributed by atoms with Crippen molar-refractivity contribution in [3.63, 3.8) is 0 Å². The van der Waals surface area contributed by atoms with E-state index in [0.29, 0.717) is 0 Å². The van der Waals surface area contributed by atoms with Crippen molar-refractivity contribution in [2.75, 3.05) is 4.90 Å². The van der Waals surface area contributed by atoms with E-state index >= 15 is 0 Å². The van der Waals surface area contributed by atoms with Crippen molar-refractivity contribution in [2.45, 2.75) is 0 Å². The summed E-state index contributed by atoms with van der Waals surface area (Å²) < 4.78 is 9.07. The van der Waals surface area contributed by atoms with Crippen molar-refractivity contribution in [2.24, 2.45) is 0 Å². The van der Waals surface area contributed by atoms with E-state index in [2.05, 4.69) is 217 Å². The van der Waals surface area contributed by atoms with Gasteiger partial charge < -0.3 is 9.32 Å². The van der Waals surface area contributed by atoms with Crippen molar-refractivity contribution in [3.8, 4) is 33.4 Å². The van der Waals surface area contributed by atoms with Crippen LogP contribution in [0.15, 0.2) is 217 Å². The summed E-state index contributed by atoms with van der Waals surface area (Å²) in [7, 11) is 0. The predicted molar refractivity (Wildman–Crippen MR) is 253 cm³/mol. The first-order chi connectivity index (χ1) is 29.2. The quantitative estimate of drug-likeness (QED) is 0.167. The fourth-order valence-corrected chi connectivity index (χ4v) is 10.3. The van der Waals surface area contributed by atoms with Gasteiger partial charge in [-0.2, -0.15) is 0 Å². The lowest BCUT2D eigenvalue weighted by atomic mass is 9.96. The number of thiophene rings is 1. The molecule has 3 heteroatoms. The van der Waals surface area contributed by atoms with E-state index in [4.69, 9.17) is 4.42 Å². The molecule has 0 aliphatic carbocycles. The molecule has 0 aliphatic rings. The van der Waals surface area contributed by atoms with Gasteiger partial charge in [0.2, 0.25) is 0 Å². The molecule has 276 valence electrons. The smallest absolute Gasteiger partial charge is 0.136 e. The maximum Gasteiger partial charge on any atom is 0.136 e. The van der Waals surface area contributed by atoms with E-state index < -0.39 is 0 Å². The molecule has 0 saturated heterocycles. The molecule has 0 N–H and O–H groups in total. The van der Waals surface area contributed by atoms with Crippen LogP contribution in [0.25, 0.3) is 97.0 Å². The molecule has 59 heavy (non-hydrogen) atoms. The number of nitrogens with zero attached hydrogens (tertiary/aromatic N) is 1. The van der Waals surface area contributed by atoms with Crippen LogP contribution in [0.5, 0.6) is 0 Å². The Morgan fingerprint density at radius 2 is 0.966 bits per heavy atom. The van der Waals surface area contributed by atoms with Crippen molar-refractivity contribution in [3.05, 3.63) is 212 Å². The monoisotopic (exact) mass is 769 g/mol. The number of hydrogen-bond acceptors (Lipinski definition) is 3. The van der Waals surface area contributed by atoms with Crippen LogP contribution in [0, 0.1) is 0 Å². The molecular weight excluding hydrogens is 735 g/mol. The van der Waals surface area contributed by atoms with Crippen LogP contribution in [0.2, 0.25) is 0 Å². The van der Waals surface area contributed by atoms with Gasteiger partial charge in [-0.05, 0) is 110 Å². The van der Waals surface area contributed by atoms with E-state index in [0.717, 1.165) is 50.1 Å². The summed E-state index contributed by atoms with van der Waals surface area (Å²) in [5.74, 6) is 0. The first kappa shape index (κ1) is 33.7. The third-order valence-corrected chi connectivity index (χ3v) is 13.1. The number of para-hydroxylation sites is 1. The summed E-state index contributed by atoms with van der Waals surface area (Å²) in [4.78, 5) is 2.42. The molecule has 0 aliphatic heterocycles. The van der Waals surface area contributed by atoms with Crippen LogP contribution < -0.4 is 4.90 Å². The third kappa shape index (κ3) is 5.62. The van der Waals surface area contributed by atoms with Gasteiger partial charge in [0.1, 0.15) is 11.2 Å². The highest BCUT2D eigenvalue weighted by Crippen LogP contribution is 2.45. The molecule has 12 aromatic rings. The molecular formula is C56H35NOS. The summed E-state index contributed by atoms with van der Waals surface area (Å²) in [6.07, 6.45) is 0. The minimum absolute atomic E-state index is 0.889. The fraction of sp³-hybridized carbons (Fsp3) is 0. The van der Waals surface area contributed by atoms with Gasteiger partial charge in [0.05, 0.1) is 5.69 Å². The van der Waals surface area contributed by atoms with E-state index in [-0.39, 0.29) is 0 Å². The standard InChI is InChI=1S/C56H35NOS/c1-2-14-39-35-54-51(33-38(39)13-1)50-34-41(28-31-53(50)58-54)46-19-5-7-24-52(46)57(43-17-9-16-40(32-43)45-21-10-15-36-12-3-4-18-44(36)45)42-29-26-37(27-30-42)47-22-11-23-49-48-20-6-8-25-55(48)59-56(47)49/h1-35H. The topological polar surface area (TPSA) is 16.4 Å². The molecule has 12 rings (SSSR count). The summed E-state index contributed by atoms with van der Waals surface area (Å²) in [6.45, 7) is 0. The molecule has 10 aromatic carbocycles. The summed E-state index contributed by atoms with van der Waals surface area (Å²) in [6, 6.07) is 77.1. The minimum Gasteiger partial charge on any atom is -0.456 e. The Morgan fingerprint density at radius 3 is 1.86 bits per heavy atom. The molecule has 0 atom stereocenters. The highest BCUT2D eigenvalue weighted by Gasteiger charge is 2.20. The highest BCUT2D eigenvalue weighted by molar-refractivity contribution is 7.26. The molecule has 2 nitrogen and oxygen atoms in total. The average molecular weight is 770 g/mol. The normalized spacial score (nSPS) is 11.7. The summed E-state index contributed by atoms with van der Waals surface area (Å²) in [5.41, 5.74) is 12.2. The second-order valence-corrected chi connectivity index (χ2v) is 16.3. The molecule has 0 amide bonds. The molecule has 2 aromatic heterocycles. The van der Waals surface area contributed by atoms with E-state index in [1.807, 2.05) is 11.3 Å². The zero-order chi connectivity index (χ0) is 38.9. The second-order valence-electron chi connectivity index (χ2n) is 15.3. The number of rotatable bonds is 6. The van der Waals surface area contributed by atoms with Gasteiger partial charge in [0.15, 0.2) is 0 Å². The predicted octanol–water partition coefficient (Wildman–Crippen LogP) is 16.7. The first-order valence-corrected chi connectivity index (χ1v) is 20.9. The van der Waals surface area contributed by atoms with Crippen LogP contribution in [-0.2, 0) is 0 Å². The fourth-order valence-electron chi connectivity index (χ4n) is 9.02. The molecule has 0 spiro atoms. The Morgan fingerprint density at radius 1 is 0.339 bits per heavy atom. The summed E-state index contributed by atoms with van der Waals surface area (Å²) in [5, 5.41) is 9.72. The van der Waals surface area contributed by atoms with E-state index in [1.165, 1.54) is 64.0 Å². The molecule has 0 fully saturated rings. The van der Waals surface area contributed by atoms with Gasteiger partial charge in [-0.1, -0.05) is 152 Å². The van der Waals surface area contributed by atoms with Crippen molar-refractivity contribution in [1.82, 2.24) is 0 Å². The van der Waals surface area contributed by atoms with Crippen LogP contribution in [0.4, 0.5) is 17.1 Å². The van der Waals surface area contributed by atoms with Crippen molar-refractivity contribution < 1.29 is 4.42 Å². The lowest BCUT2D eigenvalue weighted by Crippen LogP contribution is -2.11. The third-order valence-electron chi connectivity index (χ3n) is 11.8. The van der Waals surface area contributed by atoms with Crippen LogP contribution in [0.1, 0.15) is 0 Å². The second kappa shape index (κ2) is 13.6. The van der Waals surface area contributed by atoms with Gasteiger partial charge in [0, 0.05) is 47.9 Å². The minimum atomic E-state index is 0.889. The largest absolute Gasteiger partial charge is 0.456 e. The lowest BCUT2D eigenvalue weighted by Gasteiger charge is -2.28. The lowest BCUT2D eigenvalue weighted by molar-refractivity contribution is 0.669. The van der Waals surface area contributed by atoms with Gasteiger partial charge in [-0.25, -0.2) is 0 Å². The van der Waals surface area contributed by atoms with Gasteiger partial charge >= 0.3 is 0 Å². The Kier molecular flexibility index (Phi) is 7.75. The van der Waals surface area contributed by atoms with Crippen LogP contribution in [-0.4, -0.2) is 0 Å². The Balaban J connectivity index is 1.03. The van der Waals surface area contributed by atoms with Crippen LogP contribution >= 0.6 is 11.3 Å². The van der Waals surface area contributed by atoms with Gasteiger partial charge in [0.25, 0.3) is 0 Å². The number of hydrogen-bond donors (Lipinski definition) is 0. The molecule has 0 unspecified atom stereocenters.